The Labute approximate surface area is 171 Å². The maximum absolute atomic E-state index is 13.0. The zero-order valence-electron chi connectivity index (χ0n) is 15.8. The van der Waals surface area contributed by atoms with E-state index in [9.17, 15) is 19.7 Å². The van der Waals surface area contributed by atoms with Crippen molar-refractivity contribution in [3.8, 4) is 0 Å². The van der Waals surface area contributed by atoms with Gasteiger partial charge in [-0.15, -0.1) is 11.8 Å². The summed E-state index contributed by atoms with van der Waals surface area (Å²) in [6.45, 7) is 3.15. The third-order valence-corrected chi connectivity index (χ3v) is 5.40. The standard InChI is InChI=1S/C20H20N2O6S/c1-2-27-11-4-10-21-19(23)17(14-6-8-15(9-7-14)22(25)26)18(20(21)24)29-13-16-5-3-12-28-16/h3,5-9,12H,2,4,10-11,13H2,1H3. The number of ether oxygens (including phenoxy) is 1. The molecule has 2 aromatic rings. The molecule has 0 atom stereocenters. The lowest BCUT2D eigenvalue weighted by Gasteiger charge is -2.14. The fraction of sp³-hybridized carbons (Fsp3) is 0.300. The molecule has 0 radical (unpaired) electrons. The quantitative estimate of drug-likeness (QED) is 0.252. The number of imide groups is 1. The number of furan rings is 1. The molecule has 0 spiro atoms. The van der Waals surface area contributed by atoms with Gasteiger partial charge in [-0.05, 0) is 43.2 Å². The van der Waals surface area contributed by atoms with E-state index in [1.54, 1.807) is 18.4 Å². The van der Waals surface area contributed by atoms with Crippen LogP contribution in [0.4, 0.5) is 5.69 Å². The average Bonchev–Trinajstić information content (AvgIpc) is 3.31. The summed E-state index contributed by atoms with van der Waals surface area (Å²) in [5, 5.41) is 10.9. The summed E-state index contributed by atoms with van der Waals surface area (Å²) in [5.41, 5.74) is 0.658. The van der Waals surface area contributed by atoms with E-state index in [2.05, 4.69) is 0 Å². The third kappa shape index (κ3) is 4.75. The molecule has 0 fully saturated rings. The number of carbonyl (C=O) groups excluding carboxylic acids is 2. The van der Waals surface area contributed by atoms with Crippen molar-refractivity contribution in [3.63, 3.8) is 0 Å². The van der Waals surface area contributed by atoms with Crippen molar-refractivity contribution < 1.29 is 23.7 Å². The molecule has 1 aliphatic heterocycles. The molecule has 0 saturated carbocycles. The van der Waals surface area contributed by atoms with Crippen molar-refractivity contribution in [2.45, 2.75) is 19.1 Å². The highest BCUT2D eigenvalue weighted by atomic mass is 32.2. The molecule has 2 amide bonds. The number of hydrogen-bond donors (Lipinski definition) is 0. The normalized spacial score (nSPS) is 14.2. The molecule has 8 nitrogen and oxygen atoms in total. The second-order valence-electron chi connectivity index (χ2n) is 6.19. The van der Waals surface area contributed by atoms with Gasteiger partial charge in [-0.2, -0.15) is 0 Å². The van der Waals surface area contributed by atoms with Crippen LogP contribution in [-0.4, -0.2) is 41.4 Å². The van der Waals surface area contributed by atoms with Gasteiger partial charge in [0, 0.05) is 31.9 Å². The number of thioether (sulfide) groups is 1. The topological polar surface area (TPSA) is 103 Å². The monoisotopic (exact) mass is 416 g/mol. The van der Waals surface area contributed by atoms with E-state index in [-0.39, 0.29) is 23.7 Å². The molecule has 152 valence electrons. The van der Waals surface area contributed by atoms with E-state index in [4.69, 9.17) is 9.15 Å². The number of rotatable bonds is 10. The van der Waals surface area contributed by atoms with E-state index in [0.717, 1.165) is 0 Å². The van der Waals surface area contributed by atoms with Crippen LogP contribution in [0.15, 0.2) is 52.0 Å². The smallest absolute Gasteiger partial charge is 0.269 e. The van der Waals surface area contributed by atoms with Crippen LogP contribution in [0, 0.1) is 10.1 Å². The number of benzene rings is 1. The molecule has 9 heteroatoms. The Balaban J connectivity index is 1.87. The van der Waals surface area contributed by atoms with Gasteiger partial charge in [0.05, 0.1) is 27.4 Å². The Hall–Kier alpha value is -2.91. The summed E-state index contributed by atoms with van der Waals surface area (Å²) in [4.78, 5) is 37.9. The van der Waals surface area contributed by atoms with Crippen LogP contribution in [0.3, 0.4) is 0 Å². The molecule has 1 aliphatic rings. The molecule has 2 heterocycles. The summed E-state index contributed by atoms with van der Waals surface area (Å²) in [6.07, 6.45) is 2.08. The van der Waals surface area contributed by atoms with Gasteiger partial charge in [-0.1, -0.05) is 0 Å². The minimum atomic E-state index is -0.508. The maximum Gasteiger partial charge on any atom is 0.269 e. The largest absolute Gasteiger partial charge is 0.468 e. The molecular weight excluding hydrogens is 396 g/mol. The number of nitro benzene ring substituents is 1. The van der Waals surface area contributed by atoms with Gasteiger partial charge in [-0.25, -0.2) is 0 Å². The second-order valence-corrected chi connectivity index (χ2v) is 7.17. The zero-order valence-corrected chi connectivity index (χ0v) is 16.6. The van der Waals surface area contributed by atoms with Gasteiger partial charge >= 0.3 is 0 Å². The lowest BCUT2D eigenvalue weighted by molar-refractivity contribution is -0.384. The van der Waals surface area contributed by atoms with Gasteiger partial charge in [0.15, 0.2) is 0 Å². The number of nitro groups is 1. The van der Waals surface area contributed by atoms with Crippen molar-refractivity contribution in [2.24, 2.45) is 0 Å². The molecule has 0 saturated heterocycles. The molecule has 3 rings (SSSR count). The van der Waals surface area contributed by atoms with Gasteiger partial charge in [0.25, 0.3) is 17.5 Å². The van der Waals surface area contributed by atoms with Crippen molar-refractivity contribution in [2.75, 3.05) is 19.8 Å². The summed E-state index contributed by atoms with van der Waals surface area (Å²) in [6, 6.07) is 9.19. The summed E-state index contributed by atoms with van der Waals surface area (Å²) in [5.74, 6) is 0.309. The van der Waals surface area contributed by atoms with E-state index >= 15 is 0 Å². The lowest BCUT2D eigenvalue weighted by atomic mass is 10.1. The zero-order chi connectivity index (χ0) is 20.8. The fourth-order valence-electron chi connectivity index (χ4n) is 2.90. The highest BCUT2D eigenvalue weighted by Gasteiger charge is 2.39. The predicted octanol–water partition coefficient (Wildman–Crippen LogP) is 3.63. The molecule has 1 aromatic heterocycles. The van der Waals surface area contributed by atoms with Crippen molar-refractivity contribution in [3.05, 3.63) is 69.0 Å². The Bertz CT molecular complexity index is 921. The lowest BCUT2D eigenvalue weighted by Crippen LogP contribution is -2.33. The van der Waals surface area contributed by atoms with Crippen LogP contribution in [0.2, 0.25) is 0 Å². The average molecular weight is 416 g/mol. The molecule has 0 N–H and O–H groups in total. The van der Waals surface area contributed by atoms with E-state index in [0.29, 0.717) is 41.6 Å². The minimum Gasteiger partial charge on any atom is -0.468 e. The number of amides is 2. The van der Waals surface area contributed by atoms with Crippen LogP contribution in [0.5, 0.6) is 0 Å². The number of nitrogens with zero attached hydrogens (tertiary/aromatic N) is 2. The molecule has 29 heavy (non-hydrogen) atoms. The summed E-state index contributed by atoms with van der Waals surface area (Å²) < 4.78 is 10.6. The Morgan fingerprint density at radius 1 is 1.17 bits per heavy atom. The van der Waals surface area contributed by atoms with E-state index < -0.39 is 10.8 Å². The number of non-ortho nitro benzene ring substituents is 1. The first-order valence-electron chi connectivity index (χ1n) is 9.11. The summed E-state index contributed by atoms with van der Waals surface area (Å²) in [7, 11) is 0. The van der Waals surface area contributed by atoms with Gasteiger partial charge in [0.2, 0.25) is 0 Å². The SMILES string of the molecule is CCOCCCN1C(=O)C(SCc2ccco2)=C(c2ccc([N+](=O)[O-])cc2)C1=O. The van der Waals surface area contributed by atoms with Crippen molar-refractivity contribution in [1.29, 1.82) is 0 Å². The van der Waals surface area contributed by atoms with Crippen LogP contribution < -0.4 is 0 Å². The first-order chi connectivity index (χ1) is 14.0. The van der Waals surface area contributed by atoms with Crippen LogP contribution in [0.25, 0.3) is 5.57 Å². The number of hydrogen-bond acceptors (Lipinski definition) is 7. The summed E-state index contributed by atoms with van der Waals surface area (Å²) >= 11 is 1.22. The molecule has 0 aliphatic carbocycles. The molecule has 1 aromatic carbocycles. The predicted molar refractivity (Wildman–Crippen MR) is 108 cm³/mol. The maximum atomic E-state index is 13.0. The van der Waals surface area contributed by atoms with Crippen LogP contribution in [0.1, 0.15) is 24.7 Å². The first kappa shape index (κ1) is 20.8. The fourth-order valence-corrected chi connectivity index (χ4v) is 3.94. The van der Waals surface area contributed by atoms with Crippen LogP contribution >= 0.6 is 11.8 Å². The van der Waals surface area contributed by atoms with Gasteiger partial charge in [-0.3, -0.25) is 24.6 Å². The Morgan fingerprint density at radius 3 is 2.55 bits per heavy atom. The second kappa shape index (κ2) is 9.53. The van der Waals surface area contributed by atoms with Crippen LogP contribution in [-0.2, 0) is 20.1 Å². The van der Waals surface area contributed by atoms with Gasteiger partial charge in [0.1, 0.15) is 5.76 Å². The minimum absolute atomic E-state index is 0.0792. The molecule has 0 bridgehead atoms. The van der Waals surface area contributed by atoms with Crippen molar-refractivity contribution in [1.82, 2.24) is 4.90 Å². The Morgan fingerprint density at radius 2 is 1.93 bits per heavy atom. The first-order valence-corrected chi connectivity index (χ1v) is 10.1. The molecular formula is C20H20N2O6S. The van der Waals surface area contributed by atoms with Gasteiger partial charge < -0.3 is 9.15 Å². The Kier molecular flexibility index (Phi) is 6.84. The highest BCUT2D eigenvalue weighted by Crippen LogP contribution is 2.38. The number of carbonyl (C=O) groups is 2. The third-order valence-electron chi connectivity index (χ3n) is 4.31. The van der Waals surface area contributed by atoms with E-state index in [1.165, 1.54) is 40.9 Å². The highest BCUT2D eigenvalue weighted by molar-refractivity contribution is 8.03. The molecule has 0 unspecified atom stereocenters. The van der Waals surface area contributed by atoms with E-state index in [1.807, 2.05) is 6.92 Å². The van der Waals surface area contributed by atoms with Crippen molar-refractivity contribution >= 4 is 34.8 Å².